The van der Waals surface area contributed by atoms with E-state index in [1.807, 2.05) is 52.6 Å². The molecule has 0 saturated carbocycles. The summed E-state index contributed by atoms with van der Waals surface area (Å²) in [7, 11) is 1.92. The maximum Gasteiger partial charge on any atom is 0.240 e. The minimum Gasteiger partial charge on any atom is -0.371 e. The number of rotatable bonds is 4. The van der Waals surface area contributed by atoms with Gasteiger partial charge in [0.15, 0.2) is 11.5 Å². The second-order valence-corrected chi connectivity index (χ2v) is 6.75. The second kappa shape index (κ2) is 6.86. The van der Waals surface area contributed by atoms with Crippen molar-refractivity contribution in [2.75, 3.05) is 36.5 Å². The van der Waals surface area contributed by atoms with Gasteiger partial charge in [0, 0.05) is 26.3 Å². The summed E-state index contributed by atoms with van der Waals surface area (Å²) in [5.41, 5.74) is 2.40. The molecule has 140 valence electrons. The lowest BCUT2D eigenvalue weighted by Crippen LogP contribution is -2.45. The minimum atomic E-state index is -0.282. The van der Waals surface area contributed by atoms with E-state index in [2.05, 4.69) is 15.5 Å². The SMILES string of the molecule is CC(NC(=O)CN1CCN(C)c2cc(F)ccc21)c1nnc2ccccn12. The number of fused-ring (bicyclic) bond motifs is 2. The van der Waals surface area contributed by atoms with Crippen LogP contribution in [0.5, 0.6) is 0 Å². The first-order valence-electron chi connectivity index (χ1n) is 8.87. The average molecular weight is 368 g/mol. The number of carbonyl (C=O) groups excluding carboxylic acids is 1. The first-order chi connectivity index (χ1) is 13.0. The molecule has 4 rings (SSSR count). The van der Waals surface area contributed by atoms with Gasteiger partial charge in [-0.05, 0) is 37.3 Å². The van der Waals surface area contributed by atoms with E-state index < -0.39 is 0 Å². The van der Waals surface area contributed by atoms with Gasteiger partial charge in [-0.1, -0.05) is 6.07 Å². The first kappa shape index (κ1) is 17.3. The Bertz CT molecular complexity index is 987. The van der Waals surface area contributed by atoms with Crippen molar-refractivity contribution in [2.45, 2.75) is 13.0 Å². The van der Waals surface area contributed by atoms with Crippen molar-refractivity contribution in [3.8, 4) is 0 Å². The topological polar surface area (TPSA) is 65.8 Å². The Hall–Kier alpha value is -3.16. The summed E-state index contributed by atoms with van der Waals surface area (Å²) < 4.78 is 15.4. The zero-order valence-electron chi connectivity index (χ0n) is 15.3. The zero-order chi connectivity index (χ0) is 19.0. The smallest absolute Gasteiger partial charge is 0.240 e. The Morgan fingerprint density at radius 1 is 1.22 bits per heavy atom. The van der Waals surface area contributed by atoms with Gasteiger partial charge in [-0.3, -0.25) is 9.20 Å². The molecule has 1 atom stereocenters. The minimum absolute atomic E-state index is 0.116. The van der Waals surface area contributed by atoms with Crippen molar-refractivity contribution in [1.82, 2.24) is 19.9 Å². The summed E-state index contributed by atoms with van der Waals surface area (Å²) in [5, 5.41) is 11.3. The first-order valence-corrected chi connectivity index (χ1v) is 8.87. The van der Waals surface area contributed by atoms with Crippen LogP contribution in [0.2, 0.25) is 0 Å². The van der Waals surface area contributed by atoms with Crippen LogP contribution in [0, 0.1) is 5.82 Å². The summed E-state index contributed by atoms with van der Waals surface area (Å²) in [4.78, 5) is 16.6. The Morgan fingerprint density at radius 3 is 2.93 bits per heavy atom. The standard InChI is InChI=1S/C19H21FN6O/c1-13(19-23-22-17-5-3-4-8-26(17)19)21-18(27)12-25-10-9-24(2)16-11-14(20)6-7-15(16)25/h3-8,11,13H,9-10,12H2,1-2H3,(H,21,27). The molecule has 0 radical (unpaired) electrons. The summed E-state index contributed by atoms with van der Waals surface area (Å²) in [5.74, 6) is 0.286. The highest BCUT2D eigenvalue weighted by atomic mass is 19.1. The highest BCUT2D eigenvalue weighted by Crippen LogP contribution is 2.32. The molecule has 0 saturated heterocycles. The average Bonchev–Trinajstić information content (AvgIpc) is 3.08. The number of hydrogen-bond donors (Lipinski definition) is 1. The fourth-order valence-corrected chi connectivity index (χ4v) is 3.43. The van der Waals surface area contributed by atoms with E-state index in [-0.39, 0.29) is 24.3 Å². The predicted octanol–water partition coefficient (Wildman–Crippen LogP) is 2.00. The van der Waals surface area contributed by atoms with Crippen LogP contribution in [0.15, 0.2) is 42.6 Å². The number of pyridine rings is 1. The van der Waals surface area contributed by atoms with Crippen LogP contribution in [0.1, 0.15) is 18.8 Å². The quantitative estimate of drug-likeness (QED) is 0.763. The van der Waals surface area contributed by atoms with Crippen LogP contribution < -0.4 is 15.1 Å². The third-order valence-corrected chi connectivity index (χ3v) is 4.83. The van der Waals surface area contributed by atoms with Crippen molar-refractivity contribution in [3.63, 3.8) is 0 Å². The monoisotopic (exact) mass is 368 g/mol. The lowest BCUT2D eigenvalue weighted by Gasteiger charge is -2.36. The predicted molar refractivity (Wildman–Crippen MR) is 101 cm³/mol. The molecule has 7 nitrogen and oxygen atoms in total. The highest BCUT2D eigenvalue weighted by molar-refractivity contribution is 5.84. The van der Waals surface area contributed by atoms with Gasteiger partial charge in [0.05, 0.1) is 24.0 Å². The van der Waals surface area contributed by atoms with Crippen molar-refractivity contribution in [1.29, 1.82) is 0 Å². The van der Waals surface area contributed by atoms with Gasteiger partial charge >= 0.3 is 0 Å². The Labute approximate surface area is 156 Å². The van der Waals surface area contributed by atoms with Crippen LogP contribution in [0.4, 0.5) is 15.8 Å². The molecular formula is C19H21FN6O. The number of carbonyl (C=O) groups is 1. The molecule has 0 aliphatic carbocycles. The van der Waals surface area contributed by atoms with Crippen LogP contribution in [-0.4, -0.2) is 47.2 Å². The van der Waals surface area contributed by atoms with E-state index in [4.69, 9.17) is 0 Å². The van der Waals surface area contributed by atoms with Gasteiger partial charge in [0.1, 0.15) is 5.82 Å². The fraction of sp³-hybridized carbons (Fsp3) is 0.316. The van der Waals surface area contributed by atoms with E-state index >= 15 is 0 Å². The largest absolute Gasteiger partial charge is 0.371 e. The molecule has 0 bridgehead atoms. The number of anilines is 2. The molecule has 2 aromatic heterocycles. The third kappa shape index (κ3) is 3.30. The second-order valence-electron chi connectivity index (χ2n) is 6.75. The van der Waals surface area contributed by atoms with Crippen molar-refractivity contribution in [2.24, 2.45) is 0 Å². The van der Waals surface area contributed by atoms with Gasteiger partial charge < -0.3 is 15.1 Å². The molecule has 3 heterocycles. The molecule has 0 fully saturated rings. The molecule has 27 heavy (non-hydrogen) atoms. The van der Waals surface area contributed by atoms with Gasteiger partial charge in [-0.15, -0.1) is 10.2 Å². The summed E-state index contributed by atoms with van der Waals surface area (Å²) in [6.07, 6.45) is 1.87. The molecule has 8 heteroatoms. The maximum atomic E-state index is 13.6. The fourth-order valence-electron chi connectivity index (χ4n) is 3.43. The van der Waals surface area contributed by atoms with E-state index in [1.165, 1.54) is 12.1 Å². The molecule has 0 spiro atoms. The van der Waals surface area contributed by atoms with Gasteiger partial charge in [0.2, 0.25) is 5.91 Å². The normalized spacial score (nSPS) is 14.9. The molecule has 1 aliphatic heterocycles. The Morgan fingerprint density at radius 2 is 2.07 bits per heavy atom. The molecular weight excluding hydrogens is 347 g/mol. The summed E-state index contributed by atoms with van der Waals surface area (Å²) in [6, 6.07) is 10.0. The number of hydrogen-bond acceptors (Lipinski definition) is 5. The number of benzene rings is 1. The number of aromatic nitrogens is 3. The molecule has 1 unspecified atom stereocenters. The molecule has 1 aromatic carbocycles. The van der Waals surface area contributed by atoms with Crippen LogP contribution in [-0.2, 0) is 4.79 Å². The Balaban J connectivity index is 1.48. The van der Waals surface area contributed by atoms with E-state index in [9.17, 15) is 9.18 Å². The van der Waals surface area contributed by atoms with Crippen LogP contribution in [0.3, 0.4) is 0 Å². The number of nitrogens with one attached hydrogen (secondary N) is 1. The number of halogens is 1. The molecule has 1 amide bonds. The van der Waals surface area contributed by atoms with E-state index in [0.717, 1.165) is 23.6 Å². The van der Waals surface area contributed by atoms with Crippen LogP contribution in [0.25, 0.3) is 5.65 Å². The summed E-state index contributed by atoms with van der Waals surface area (Å²) in [6.45, 7) is 3.51. The highest BCUT2D eigenvalue weighted by Gasteiger charge is 2.24. The van der Waals surface area contributed by atoms with Crippen molar-refractivity contribution in [3.05, 3.63) is 54.2 Å². The maximum absolute atomic E-state index is 13.6. The van der Waals surface area contributed by atoms with Crippen molar-refractivity contribution >= 4 is 22.9 Å². The van der Waals surface area contributed by atoms with Gasteiger partial charge in [0.25, 0.3) is 0 Å². The van der Waals surface area contributed by atoms with E-state index in [1.54, 1.807) is 6.07 Å². The lowest BCUT2D eigenvalue weighted by atomic mass is 10.1. The zero-order valence-corrected chi connectivity index (χ0v) is 15.3. The molecule has 1 aliphatic rings. The lowest BCUT2D eigenvalue weighted by molar-refractivity contribution is -0.120. The van der Waals surface area contributed by atoms with Gasteiger partial charge in [-0.25, -0.2) is 4.39 Å². The number of likely N-dealkylation sites (N-methyl/N-ethyl adjacent to an activating group) is 1. The summed E-state index contributed by atoms with van der Waals surface area (Å²) >= 11 is 0. The number of nitrogens with zero attached hydrogens (tertiary/aromatic N) is 5. The van der Waals surface area contributed by atoms with Gasteiger partial charge in [-0.2, -0.15) is 0 Å². The Kier molecular flexibility index (Phi) is 4.39. The molecule has 3 aromatic rings. The van der Waals surface area contributed by atoms with Crippen molar-refractivity contribution < 1.29 is 9.18 Å². The third-order valence-electron chi connectivity index (χ3n) is 4.83. The van der Waals surface area contributed by atoms with Crippen LogP contribution >= 0.6 is 0 Å². The number of amides is 1. The van der Waals surface area contributed by atoms with E-state index in [0.29, 0.717) is 12.4 Å². The molecule has 1 N–H and O–H groups in total.